The molecule has 4 nitrogen and oxygen atoms in total. The van der Waals surface area contributed by atoms with Gasteiger partial charge >= 0.3 is 0 Å². The summed E-state index contributed by atoms with van der Waals surface area (Å²) in [4.78, 5) is 12.5. The molecule has 0 aromatic rings. The Morgan fingerprint density at radius 1 is 0.338 bits per heavy atom. The predicted octanol–water partition coefficient (Wildman–Crippen LogP) is 22.3. The van der Waals surface area contributed by atoms with Crippen LogP contribution in [0.5, 0.6) is 0 Å². The summed E-state index contributed by atoms with van der Waals surface area (Å²) in [6.07, 6.45) is 94.7. The molecular weight excluding hydrogens is 903 g/mol. The number of unbranched alkanes of at least 4 members (excludes halogenated alkanes) is 39. The van der Waals surface area contributed by atoms with E-state index in [1.165, 1.54) is 238 Å². The highest BCUT2D eigenvalue weighted by Crippen LogP contribution is 2.18. The van der Waals surface area contributed by atoms with Crippen molar-refractivity contribution in [3.8, 4) is 0 Å². The Labute approximate surface area is 462 Å². The van der Waals surface area contributed by atoms with E-state index < -0.39 is 12.1 Å². The van der Waals surface area contributed by atoms with Gasteiger partial charge in [-0.3, -0.25) is 4.79 Å². The molecule has 0 heterocycles. The maximum Gasteiger partial charge on any atom is 0.220 e. The Morgan fingerprint density at radius 2 is 0.595 bits per heavy atom. The molecular formula is C70H127NO3. The molecule has 4 heteroatoms. The van der Waals surface area contributed by atoms with Gasteiger partial charge < -0.3 is 15.5 Å². The highest BCUT2D eigenvalue weighted by atomic mass is 16.3. The van der Waals surface area contributed by atoms with Gasteiger partial charge in [0.1, 0.15) is 0 Å². The van der Waals surface area contributed by atoms with Crippen LogP contribution in [0.4, 0.5) is 0 Å². The number of rotatable bonds is 60. The smallest absolute Gasteiger partial charge is 0.220 e. The van der Waals surface area contributed by atoms with Gasteiger partial charge in [-0.05, 0) is 70.6 Å². The number of hydrogen-bond donors (Lipinski definition) is 3. The average Bonchev–Trinajstić information content (AvgIpc) is 3.40. The third-order valence-corrected chi connectivity index (χ3v) is 14.9. The molecule has 3 N–H and O–H groups in total. The number of allylic oxidation sites excluding steroid dienone is 14. The molecule has 74 heavy (non-hydrogen) atoms. The van der Waals surface area contributed by atoms with E-state index in [0.717, 1.165) is 70.6 Å². The molecule has 0 spiro atoms. The third kappa shape index (κ3) is 60.4. The van der Waals surface area contributed by atoms with Crippen molar-refractivity contribution in [1.82, 2.24) is 5.32 Å². The first-order chi connectivity index (χ1) is 36.7. The number of aliphatic hydroxyl groups is 2. The van der Waals surface area contributed by atoms with E-state index >= 15 is 0 Å². The second kappa shape index (κ2) is 64.9. The first-order valence-electron chi connectivity index (χ1n) is 32.8. The lowest BCUT2D eigenvalue weighted by atomic mass is 10.0. The highest BCUT2D eigenvalue weighted by molar-refractivity contribution is 5.76. The molecule has 0 aliphatic carbocycles. The first kappa shape index (κ1) is 71.6. The topological polar surface area (TPSA) is 69.6 Å². The molecule has 0 bridgehead atoms. The van der Waals surface area contributed by atoms with Crippen LogP contribution in [0.3, 0.4) is 0 Å². The fraction of sp³-hybridized carbons (Fsp3) is 0.786. The first-order valence-corrected chi connectivity index (χ1v) is 32.8. The second-order valence-corrected chi connectivity index (χ2v) is 22.2. The largest absolute Gasteiger partial charge is 0.394 e. The number of carbonyl (C=O) groups is 1. The maximum atomic E-state index is 12.5. The predicted molar refractivity (Wildman–Crippen MR) is 331 cm³/mol. The molecule has 0 rings (SSSR count). The fourth-order valence-electron chi connectivity index (χ4n) is 9.99. The maximum absolute atomic E-state index is 12.5. The van der Waals surface area contributed by atoms with E-state index in [1.807, 2.05) is 0 Å². The van der Waals surface area contributed by atoms with Crippen LogP contribution in [-0.4, -0.2) is 34.9 Å². The van der Waals surface area contributed by atoms with Crippen molar-refractivity contribution in [2.24, 2.45) is 0 Å². The quantitative estimate of drug-likeness (QED) is 0.0420. The number of carbonyl (C=O) groups excluding carboxylic acids is 1. The van der Waals surface area contributed by atoms with E-state index in [-0.39, 0.29) is 12.5 Å². The molecule has 0 saturated carbocycles. The molecule has 2 atom stereocenters. The van der Waals surface area contributed by atoms with Crippen LogP contribution < -0.4 is 5.32 Å². The normalized spacial score (nSPS) is 13.3. The van der Waals surface area contributed by atoms with Crippen LogP contribution in [0, 0.1) is 0 Å². The molecule has 0 fully saturated rings. The van der Waals surface area contributed by atoms with E-state index in [0.29, 0.717) is 12.8 Å². The van der Waals surface area contributed by atoms with Crippen LogP contribution in [0.15, 0.2) is 85.1 Å². The molecule has 0 aromatic carbocycles. The number of hydrogen-bond acceptors (Lipinski definition) is 3. The molecule has 0 aliphatic rings. The molecule has 1 amide bonds. The molecule has 430 valence electrons. The Bertz CT molecular complexity index is 1310. The van der Waals surface area contributed by atoms with Crippen LogP contribution >= 0.6 is 0 Å². The van der Waals surface area contributed by atoms with Gasteiger partial charge in [0, 0.05) is 6.42 Å². The summed E-state index contributed by atoms with van der Waals surface area (Å²) in [7, 11) is 0. The lowest BCUT2D eigenvalue weighted by Crippen LogP contribution is -2.45. The minimum Gasteiger partial charge on any atom is -0.394 e. The molecule has 0 radical (unpaired) electrons. The van der Waals surface area contributed by atoms with E-state index in [2.05, 4.69) is 104 Å². The van der Waals surface area contributed by atoms with Crippen LogP contribution in [0.25, 0.3) is 0 Å². The number of amides is 1. The zero-order chi connectivity index (χ0) is 53.4. The second-order valence-electron chi connectivity index (χ2n) is 22.2. The molecule has 0 aliphatic heterocycles. The Hall–Kier alpha value is -2.43. The Balaban J connectivity index is 3.44. The van der Waals surface area contributed by atoms with Crippen molar-refractivity contribution in [3.63, 3.8) is 0 Å². The van der Waals surface area contributed by atoms with Crippen LogP contribution in [0.2, 0.25) is 0 Å². The number of aliphatic hydroxyl groups excluding tert-OH is 2. The van der Waals surface area contributed by atoms with Gasteiger partial charge in [0.15, 0.2) is 0 Å². The van der Waals surface area contributed by atoms with Gasteiger partial charge in [-0.15, -0.1) is 0 Å². The zero-order valence-corrected chi connectivity index (χ0v) is 49.6. The van der Waals surface area contributed by atoms with Gasteiger partial charge in [0.25, 0.3) is 0 Å². The number of nitrogens with one attached hydrogen (secondary N) is 1. The Morgan fingerprint density at radius 3 is 0.892 bits per heavy atom. The summed E-state index contributed by atoms with van der Waals surface area (Å²) in [5, 5.41) is 23.4. The zero-order valence-electron chi connectivity index (χ0n) is 49.6. The van der Waals surface area contributed by atoms with Gasteiger partial charge in [-0.25, -0.2) is 0 Å². The van der Waals surface area contributed by atoms with Gasteiger partial charge in [-0.1, -0.05) is 343 Å². The summed E-state index contributed by atoms with van der Waals surface area (Å²) >= 11 is 0. The van der Waals surface area contributed by atoms with Gasteiger partial charge in [0.05, 0.1) is 18.8 Å². The molecule has 0 aromatic heterocycles. The summed E-state index contributed by atoms with van der Waals surface area (Å²) in [5.41, 5.74) is 0. The van der Waals surface area contributed by atoms with Crippen LogP contribution in [0.1, 0.15) is 335 Å². The minimum atomic E-state index is -0.662. The van der Waals surface area contributed by atoms with Crippen LogP contribution in [-0.2, 0) is 4.79 Å². The SMILES string of the molecule is CC/C=C\C/C=C\C/C=C\C/C=C\C/C=C\C/C=C\C/C=C\CCCCCCCCCCCCCCCCCCCCCC(=O)NC(CO)C(O)CCCCCCCCCCCCCCCCCCCCCCC. The fourth-order valence-corrected chi connectivity index (χ4v) is 9.99. The van der Waals surface area contributed by atoms with Crippen molar-refractivity contribution in [3.05, 3.63) is 85.1 Å². The lowest BCUT2D eigenvalue weighted by molar-refractivity contribution is -0.123. The minimum absolute atomic E-state index is 0.0271. The third-order valence-electron chi connectivity index (χ3n) is 14.9. The van der Waals surface area contributed by atoms with E-state index in [9.17, 15) is 15.0 Å². The van der Waals surface area contributed by atoms with Crippen molar-refractivity contribution >= 4 is 5.91 Å². The molecule has 2 unspecified atom stereocenters. The average molecular weight is 1030 g/mol. The van der Waals surface area contributed by atoms with Crippen molar-refractivity contribution in [2.45, 2.75) is 347 Å². The lowest BCUT2D eigenvalue weighted by Gasteiger charge is -2.22. The standard InChI is InChI=1S/C70H127NO3/c1-3-5-7-9-11-13-15-17-19-21-23-25-26-27-28-29-30-31-32-33-34-35-36-37-38-39-40-41-42-43-44-46-48-50-52-54-56-58-60-62-64-66-70(74)71-68(67-72)69(73)65-63-61-59-57-55-53-51-49-47-45-24-22-20-18-16-14-12-10-8-6-4-2/h5,7,11,13,17,19,23,25,27-28,30-31,33-34,68-69,72-73H,3-4,6,8-10,12,14-16,18,20-22,24,26,29,32,35-67H2,1-2H3,(H,71,74)/b7-5-,13-11-,19-17-,25-23-,28-27-,31-30-,34-33-. The van der Waals surface area contributed by atoms with Gasteiger partial charge in [0.2, 0.25) is 5.91 Å². The highest BCUT2D eigenvalue weighted by Gasteiger charge is 2.20. The summed E-state index contributed by atoms with van der Waals surface area (Å²) in [6.45, 7) is 4.27. The monoisotopic (exact) mass is 1030 g/mol. The summed E-state index contributed by atoms with van der Waals surface area (Å²) in [6, 6.07) is -0.539. The Kier molecular flexibility index (Phi) is 62.7. The van der Waals surface area contributed by atoms with Crippen molar-refractivity contribution in [1.29, 1.82) is 0 Å². The summed E-state index contributed by atoms with van der Waals surface area (Å²) in [5.74, 6) is -0.0271. The van der Waals surface area contributed by atoms with Crippen molar-refractivity contribution < 1.29 is 15.0 Å². The van der Waals surface area contributed by atoms with Gasteiger partial charge in [-0.2, -0.15) is 0 Å². The van der Waals surface area contributed by atoms with E-state index in [4.69, 9.17) is 0 Å². The van der Waals surface area contributed by atoms with Crippen molar-refractivity contribution in [2.75, 3.05) is 6.61 Å². The summed E-state index contributed by atoms with van der Waals surface area (Å²) < 4.78 is 0. The van der Waals surface area contributed by atoms with E-state index in [1.54, 1.807) is 0 Å². The molecule has 0 saturated heterocycles.